The van der Waals surface area contributed by atoms with Crippen LogP contribution in [0.15, 0.2) is 36.5 Å². The summed E-state index contributed by atoms with van der Waals surface area (Å²) >= 11 is 0. The van der Waals surface area contributed by atoms with Crippen LogP contribution >= 0.6 is 0 Å². The average molecular weight is 326 g/mol. The zero-order valence-corrected chi connectivity index (χ0v) is 13.9. The SMILES string of the molecule is COCCNC(=O)c1cnc(-c2ccccc2)nc1N1CCCC1. The van der Waals surface area contributed by atoms with Crippen molar-refractivity contribution in [2.45, 2.75) is 12.8 Å². The number of carbonyl (C=O) groups is 1. The summed E-state index contributed by atoms with van der Waals surface area (Å²) in [5.41, 5.74) is 1.47. The summed E-state index contributed by atoms with van der Waals surface area (Å²) in [6, 6.07) is 9.82. The Bertz CT molecular complexity index is 685. The number of hydrogen-bond donors (Lipinski definition) is 1. The maximum Gasteiger partial charge on any atom is 0.256 e. The molecule has 1 aliphatic heterocycles. The molecule has 0 bridgehead atoms. The molecule has 0 unspecified atom stereocenters. The van der Waals surface area contributed by atoms with Crippen molar-refractivity contribution in [1.29, 1.82) is 0 Å². The van der Waals surface area contributed by atoms with Crippen LogP contribution in [0.1, 0.15) is 23.2 Å². The first-order valence-corrected chi connectivity index (χ1v) is 8.24. The second kappa shape index (κ2) is 7.88. The van der Waals surface area contributed by atoms with E-state index < -0.39 is 0 Å². The molecule has 1 saturated heterocycles. The van der Waals surface area contributed by atoms with E-state index >= 15 is 0 Å². The minimum atomic E-state index is -0.159. The molecule has 1 amide bonds. The maximum absolute atomic E-state index is 12.5. The normalized spacial score (nSPS) is 14.0. The number of carbonyl (C=O) groups excluding carboxylic acids is 1. The van der Waals surface area contributed by atoms with E-state index in [4.69, 9.17) is 9.72 Å². The molecular formula is C18H22N4O2. The van der Waals surface area contributed by atoms with Gasteiger partial charge in [0.15, 0.2) is 5.82 Å². The van der Waals surface area contributed by atoms with Crippen LogP contribution in [-0.2, 0) is 4.74 Å². The van der Waals surface area contributed by atoms with Crippen molar-refractivity contribution >= 4 is 11.7 Å². The molecule has 1 aromatic carbocycles. The van der Waals surface area contributed by atoms with E-state index in [0.29, 0.717) is 24.5 Å². The Hall–Kier alpha value is -2.47. The van der Waals surface area contributed by atoms with Crippen LogP contribution in [0, 0.1) is 0 Å². The number of hydrogen-bond acceptors (Lipinski definition) is 5. The van der Waals surface area contributed by atoms with Crippen molar-refractivity contribution in [3.8, 4) is 11.4 Å². The van der Waals surface area contributed by atoms with Gasteiger partial charge in [0, 0.05) is 38.5 Å². The molecule has 6 heteroatoms. The van der Waals surface area contributed by atoms with Crippen LogP contribution < -0.4 is 10.2 Å². The second-order valence-corrected chi connectivity index (χ2v) is 5.74. The average Bonchev–Trinajstić information content (AvgIpc) is 3.17. The van der Waals surface area contributed by atoms with Gasteiger partial charge in [0.2, 0.25) is 0 Å². The van der Waals surface area contributed by atoms with Gasteiger partial charge in [-0.2, -0.15) is 0 Å². The molecule has 0 radical (unpaired) electrons. The van der Waals surface area contributed by atoms with Crippen molar-refractivity contribution in [3.63, 3.8) is 0 Å². The monoisotopic (exact) mass is 326 g/mol. The highest BCUT2D eigenvalue weighted by Gasteiger charge is 2.22. The molecule has 0 saturated carbocycles. The highest BCUT2D eigenvalue weighted by molar-refractivity contribution is 5.99. The fourth-order valence-corrected chi connectivity index (χ4v) is 2.79. The molecule has 0 atom stereocenters. The number of nitrogens with one attached hydrogen (secondary N) is 1. The minimum absolute atomic E-state index is 0.159. The molecular weight excluding hydrogens is 304 g/mol. The zero-order chi connectivity index (χ0) is 16.8. The van der Waals surface area contributed by atoms with Crippen LogP contribution in [0.4, 0.5) is 5.82 Å². The number of methoxy groups -OCH3 is 1. The lowest BCUT2D eigenvalue weighted by atomic mass is 10.2. The molecule has 1 aliphatic rings. The van der Waals surface area contributed by atoms with Crippen LogP contribution in [-0.4, -0.2) is 49.2 Å². The van der Waals surface area contributed by atoms with E-state index in [1.165, 1.54) is 0 Å². The lowest BCUT2D eigenvalue weighted by Gasteiger charge is -2.20. The quantitative estimate of drug-likeness (QED) is 0.824. The first-order valence-electron chi connectivity index (χ1n) is 8.24. The smallest absolute Gasteiger partial charge is 0.256 e. The summed E-state index contributed by atoms with van der Waals surface area (Å²) < 4.78 is 4.98. The molecule has 6 nitrogen and oxygen atoms in total. The van der Waals surface area contributed by atoms with E-state index in [1.54, 1.807) is 13.3 Å². The van der Waals surface area contributed by atoms with Crippen LogP contribution in [0.25, 0.3) is 11.4 Å². The first kappa shape index (κ1) is 16.4. The topological polar surface area (TPSA) is 67.3 Å². The van der Waals surface area contributed by atoms with E-state index in [9.17, 15) is 4.79 Å². The number of aromatic nitrogens is 2. The lowest BCUT2D eigenvalue weighted by molar-refractivity contribution is 0.0937. The highest BCUT2D eigenvalue weighted by atomic mass is 16.5. The van der Waals surface area contributed by atoms with Crippen LogP contribution in [0.5, 0.6) is 0 Å². The standard InChI is InChI=1S/C18H22N4O2/c1-24-12-9-19-18(23)15-13-20-16(14-7-3-2-4-8-14)21-17(15)22-10-5-6-11-22/h2-4,7-8,13H,5-6,9-12H2,1H3,(H,19,23). The van der Waals surface area contributed by atoms with Gasteiger partial charge in [0.05, 0.1) is 6.61 Å². The van der Waals surface area contributed by atoms with Gasteiger partial charge in [0.25, 0.3) is 5.91 Å². The maximum atomic E-state index is 12.5. The van der Waals surface area contributed by atoms with Crippen molar-refractivity contribution in [2.24, 2.45) is 0 Å². The number of amides is 1. The van der Waals surface area contributed by atoms with Crippen molar-refractivity contribution in [3.05, 3.63) is 42.1 Å². The summed E-state index contributed by atoms with van der Waals surface area (Å²) in [4.78, 5) is 23.7. The third-order valence-corrected chi connectivity index (χ3v) is 4.04. The van der Waals surface area contributed by atoms with Crippen molar-refractivity contribution in [1.82, 2.24) is 15.3 Å². The lowest BCUT2D eigenvalue weighted by Crippen LogP contribution is -2.30. The van der Waals surface area contributed by atoms with Gasteiger partial charge in [-0.1, -0.05) is 30.3 Å². The van der Waals surface area contributed by atoms with Crippen molar-refractivity contribution in [2.75, 3.05) is 38.3 Å². The van der Waals surface area contributed by atoms with E-state index in [1.807, 2.05) is 30.3 Å². The molecule has 0 spiro atoms. The number of nitrogens with zero attached hydrogens (tertiary/aromatic N) is 3. The Morgan fingerprint density at radius 3 is 2.71 bits per heavy atom. The third-order valence-electron chi connectivity index (χ3n) is 4.04. The van der Waals surface area contributed by atoms with Crippen LogP contribution in [0.3, 0.4) is 0 Å². The first-order chi connectivity index (χ1) is 11.8. The predicted molar refractivity (Wildman–Crippen MR) is 93.1 cm³/mol. The number of rotatable bonds is 6. The summed E-state index contributed by atoms with van der Waals surface area (Å²) in [5.74, 6) is 1.20. The van der Waals surface area contributed by atoms with Gasteiger partial charge in [-0.25, -0.2) is 9.97 Å². The fraction of sp³-hybridized carbons (Fsp3) is 0.389. The molecule has 0 aliphatic carbocycles. The molecule has 1 fully saturated rings. The summed E-state index contributed by atoms with van der Waals surface area (Å²) in [5, 5.41) is 2.85. The molecule has 2 aromatic rings. The van der Waals surface area contributed by atoms with E-state index in [-0.39, 0.29) is 5.91 Å². The largest absolute Gasteiger partial charge is 0.383 e. The zero-order valence-electron chi connectivity index (χ0n) is 13.9. The van der Waals surface area contributed by atoms with Gasteiger partial charge in [-0.15, -0.1) is 0 Å². The van der Waals surface area contributed by atoms with E-state index in [2.05, 4.69) is 15.2 Å². The second-order valence-electron chi connectivity index (χ2n) is 5.74. The van der Waals surface area contributed by atoms with E-state index in [0.717, 1.165) is 37.3 Å². The van der Waals surface area contributed by atoms with Gasteiger partial charge in [-0.05, 0) is 12.8 Å². The highest BCUT2D eigenvalue weighted by Crippen LogP contribution is 2.25. The molecule has 126 valence electrons. The summed E-state index contributed by atoms with van der Waals surface area (Å²) in [6.07, 6.45) is 3.87. The van der Waals surface area contributed by atoms with Crippen molar-refractivity contribution < 1.29 is 9.53 Å². The predicted octanol–water partition coefficient (Wildman–Crippen LogP) is 2.12. The summed E-state index contributed by atoms with van der Waals surface area (Å²) in [6.45, 7) is 2.79. The Kier molecular flexibility index (Phi) is 5.38. The molecule has 1 N–H and O–H groups in total. The Balaban J connectivity index is 1.91. The van der Waals surface area contributed by atoms with Gasteiger partial charge >= 0.3 is 0 Å². The Morgan fingerprint density at radius 1 is 1.25 bits per heavy atom. The van der Waals surface area contributed by atoms with Gasteiger partial charge < -0.3 is 15.0 Å². The summed E-state index contributed by atoms with van der Waals surface area (Å²) in [7, 11) is 1.61. The fourth-order valence-electron chi connectivity index (χ4n) is 2.79. The molecule has 3 rings (SSSR count). The molecule has 2 heterocycles. The Morgan fingerprint density at radius 2 is 2.00 bits per heavy atom. The van der Waals surface area contributed by atoms with Crippen LogP contribution in [0.2, 0.25) is 0 Å². The Labute approximate surface area is 141 Å². The number of benzene rings is 1. The van der Waals surface area contributed by atoms with Gasteiger partial charge in [0.1, 0.15) is 11.4 Å². The number of ether oxygens (including phenoxy) is 1. The molecule has 1 aromatic heterocycles. The molecule has 24 heavy (non-hydrogen) atoms. The number of anilines is 1. The van der Waals surface area contributed by atoms with Gasteiger partial charge in [-0.3, -0.25) is 4.79 Å². The minimum Gasteiger partial charge on any atom is -0.383 e. The third kappa shape index (κ3) is 3.71.